The van der Waals surface area contributed by atoms with Crippen LogP contribution in [-0.4, -0.2) is 29.5 Å². The maximum atomic E-state index is 12.4. The number of benzene rings is 1. The van der Waals surface area contributed by atoms with Gasteiger partial charge < -0.3 is 10.1 Å². The lowest BCUT2D eigenvalue weighted by molar-refractivity contribution is -0.125. The van der Waals surface area contributed by atoms with Crippen LogP contribution in [0.25, 0.3) is 0 Å². The van der Waals surface area contributed by atoms with Gasteiger partial charge in [0, 0.05) is 22.9 Å². The van der Waals surface area contributed by atoms with Crippen LogP contribution in [0.15, 0.2) is 34.0 Å². The number of rotatable bonds is 8. The molecule has 26 heavy (non-hydrogen) atoms. The number of aryl methyl sites for hydroxylation is 1. The van der Waals surface area contributed by atoms with Crippen molar-refractivity contribution in [2.45, 2.75) is 43.8 Å². The zero-order chi connectivity index (χ0) is 19.1. The Hall–Kier alpha value is -1.86. The van der Waals surface area contributed by atoms with Crippen LogP contribution in [0.3, 0.4) is 0 Å². The smallest absolute Gasteiger partial charge is 0.338 e. The molecule has 1 N–H and O–H groups in total. The Morgan fingerprint density at radius 3 is 2.65 bits per heavy atom. The third-order valence-corrected chi connectivity index (χ3v) is 6.10. The number of thiazole rings is 1. The summed E-state index contributed by atoms with van der Waals surface area (Å²) in [4.78, 5) is 28.7. The molecule has 0 aliphatic carbocycles. The molecule has 0 unspecified atom stereocenters. The average Bonchev–Trinajstić information content (AvgIpc) is 3.03. The Morgan fingerprint density at radius 1 is 1.27 bits per heavy atom. The molecule has 1 atom stereocenters. The number of carbonyl (C=O) groups excluding carboxylic acids is 2. The first-order valence-corrected chi connectivity index (χ1v) is 10.3. The van der Waals surface area contributed by atoms with Gasteiger partial charge in [-0.05, 0) is 31.4 Å². The highest BCUT2D eigenvalue weighted by molar-refractivity contribution is 8.00. The molecule has 1 amide bonds. The van der Waals surface area contributed by atoms with Gasteiger partial charge in [-0.25, -0.2) is 9.78 Å². The summed E-state index contributed by atoms with van der Waals surface area (Å²) < 4.78 is 6.16. The number of esters is 1. The molecule has 0 radical (unpaired) electrons. The van der Waals surface area contributed by atoms with Crippen molar-refractivity contribution in [3.05, 3.63) is 46.5 Å². The fourth-order valence-electron chi connectivity index (χ4n) is 2.05. The number of nitrogens with one attached hydrogen (secondary N) is 1. The van der Waals surface area contributed by atoms with Crippen LogP contribution >= 0.6 is 23.1 Å². The Balaban J connectivity index is 1.93. The second-order valence-corrected chi connectivity index (χ2v) is 8.46. The fourth-order valence-corrected chi connectivity index (χ4v) is 3.91. The lowest BCUT2D eigenvalue weighted by Crippen LogP contribution is -2.38. The van der Waals surface area contributed by atoms with E-state index in [4.69, 9.17) is 4.74 Å². The fraction of sp³-hybridized carbons (Fsp3) is 0.421. The van der Waals surface area contributed by atoms with E-state index in [1.807, 2.05) is 45.2 Å². The van der Waals surface area contributed by atoms with Gasteiger partial charge in [0.1, 0.15) is 4.34 Å². The first-order chi connectivity index (χ1) is 12.4. The van der Waals surface area contributed by atoms with Gasteiger partial charge in [0.05, 0.1) is 5.56 Å². The molecular weight excluding hydrogens is 368 g/mol. The highest BCUT2D eigenvalue weighted by atomic mass is 32.2. The maximum absolute atomic E-state index is 12.4. The van der Waals surface area contributed by atoms with Gasteiger partial charge in [0.2, 0.25) is 0 Å². The van der Waals surface area contributed by atoms with Gasteiger partial charge >= 0.3 is 5.97 Å². The van der Waals surface area contributed by atoms with Crippen molar-refractivity contribution >= 4 is 35.0 Å². The minimum Gasteiger partial charge on any atom is -0.452 e. The van der Waals surface area contributed by atoms with Crippen LogP contribution in [0.2, 0.25) is 0 Å². The summed E-state index contributed by atoms with van der Waals surface area (Å²) in [5.41, 5.74) is 2.34. The molecular formula is C19H24N2O3S2. The molecule has 2 rings (SSSR count). The van der Waals surface area contributed by atoms with Crippen LogP contribution < -0.4 is 5.32 Å². The minimum atomic E-state index is -0.483. The third kappa shape index (κ3) is 6.14. The largest absolute Gasteiger partial charge is 0.452 e. The van der Waals surface area contributed by atoms with E-state index in [0.29, 0.717) is 17.2 Å². The molecule has 0 saturated heterocycles. The summed E-state index contributed by atoms with van der Waals surface area (Å²) in [6, 6.07) is 7.33. The van der Waals surface area contributed by atoms with Crippen LogP contribution in [0.1, 0.15) is 42.4 Å². The third-order valence-electron chi connectivity index (χ3n) is 3.91. The number of carbonyl (C=O) groups is 2. The van der Waals surface area contributed by atoms with Crippen molar-refractivity contribution in [3.63, 3.8) is 0 Å². The summed E-state index contributed by atoms with van der Waals surface area (Å²) in [6.07, 6.45) is 0. The highest BCUT2D eigenvalue weighted by Crippen LogP contribution is 2.27. The van der Waals surface area contributed by atoms with Crippen LogP contribution in [-0.2, 0) is 15.3 Å². The molecule has 7 heteroatoms. The molecule has 5 nitrogen and oxygen atoms in total. The number of amides is 1. The molecule has 0 fully saturated rings. The molecule has 0 aliphatic heterocycles. The van der Waals surface area contributed by atoms with Crippen molar-refractivity contribution < 1.29 is 14.3 Å². The van der Waals surface area contributed by atoms with Crippen LogP contribution in [0, 0.1) is 12.8 Å². The zero-order valence-corrected chi connectivity index (χ0v) is 17.1. The molecule has 2 aromatic rings. The molecule has 140 valence electrons. The molecule has 0 spiro atoms. The van der Waals surface area contributed by atoms with E-state index < -0.39 is 5.97 Å². The van der Waals surface area contributed by atoms with E-state index >= 15 is 0 Å². The van der Waals surface area contributed by atoms with Crippen LogP contribution in [0.4, 0.5) is 0 Å². The van der Waals surface area contributed by atoms with Crippen molar-refractivity contribution in [1.82, 2.24) is 10.3 Å². The van der Waals surface area contributed by atoms with E-state index in [9.17, 15) is 9.59 Å². The Bertz CT molecular complexity index is 759. The molecule has 1 aromatic heterocycles. The van der Waals surface area contributed by atoms with Gasteiger partial charge in [-0.1, -0.05) is 43.8 Å². The standard InChI is InChI=1S/C19H24N2O3S2/c1-12(2)14(4)21-17(22)9-24-18(23)16-8-6-5-7-15(16)11-26-19-20-13(3)10-25-19/h5-8,10,12,14H,9,11H2,1-4H3,(H,21,22)/t14-/m0/s1. The van der Waals surface area contributed by atoms with E-state index in [2.05, 4.69) is 10.3 Å². The number of aromatic nitrogens is 1. The second-order valence-electron chi connectivity index (χ2n) is 6.38. The minimum absolute atomic E-state index is 0.0339. The predicted molar refractivity (Wildman–Crippen MR) is 106 cm³/mol. The first kappa shape index (κ1) is 20.5. The summed E-state index contributed by atoms with van der Waals surface area (Å²) in [6.45, 7) is 7.65. The van der Waals surface area contributed by atoms with Crippen molar-refractivity contribution in [3.8, 4) is 0 Å². The molecule has 0 saturated carbocycles. The lowest BCUT2D eigenvalue weighted by Gasteiger charge is -2.17. The molecule has 1 aromatic carbocycles. The number of hydrogen-bond donors (Lipinski definition) is 1. The molecule has 0 aliphatic rings. The van der Waals surface area contributed by atoms with Gasteiger partial charge in [0.25, 0.3) is 5.91 Å². The number of nitrogens with zero attached hydrogens (tertiary/aromatic N) is 1. The maximum Gasteiger partial charge on any atom is 0.338 e. The lowest BCUT2D eigenvalue weighted by atomic mass is 10.1. The normalized spacial score (nSPS) is 12.0. The van der Waals surface area contributed by atoms with E-state index in [1.165, 1.54) is 0 Å². The van der Waals surface area contributed by atoms with E-state index in [-0.39, 0.29) is 18.6 Å². The van der Waals surface area contributed by atoms with E-state index in [0.717, 1.165) is 15.6 Å². The first-order valence-electron chi connectivity index (χ1n) is 8.46. The summed E-state index contributed by atoms with van der Waals surface area (Å²) in [5, 5.41) is 4.82. The predicted octanol–water partition coefficient (Wildman–Crippen LogP) is 4.06. The quantitative estimate of drug-likeness (QED) is 0.542. The zero-order valence-electron chi connectivity index (χ0n) is 15.4. The monoisotopic (exact) mass is 392 g/mol. The second kappa shape index (κ2) is 9.73. The van der Waals surface area contributed by atoms with Crippen molar-refractivity contribution in [2.24, 2.45) is 5.92 Å². The summed E-state index contributed by atoms with van der Waals surface area (Å²) >= 11 is 3.17. The molecule has 0 bridgehead atoms. The molecule has 1 heterocycles. The Morgan fingerprint density at radius 2 is 2.00 bits per heavy atom. The highest BCUT2D eigenvalue weighted by Gasteiger charge is 2.16. The number of ether oxygens (including phenoxy) is 1. The average molecular weight is 393 g/mol. The Kier molecular flexibility index (Phi) is 7.66. The Labute approximate surface area is 162 Å². The topological polar surface area (TPSA) is 68.3 Å². The number of hydrogen-bond acceptors (Lipinski definition) is 6. The van der Waals surface area contributed by atoms with Crippen molar-refractivity contribution in [1.29, 1.82) is 0 Å². The van der Waals surface area contributed by atoms with Gasteiger partial charge in [-0.15, -0.1) is 11.3 Å². The van der Waals surface area contributed by atoms with E-state index in [1.54, 1.807) is 35.2 Å². The SMILES string of the molecule is Cc1csc(SCc2ccccc2C(=O)OCC(=O)N[C@@H](C)C(C)C)n1. The van der Waals surface area contributed by atoms with Crippen molar-refractivity contribution in [2.75, 3.05) is 6.61 Å². The number of thioether (sulfide) groups is 1. The van der Waals surface area contributed by atoms with Gasteiger partial charge in [0.15, 0.2) is 6.61 Å². The summed E-state index contributed by atoms with van der Waals surface area (Å²) in [7, 11) is 0. The van der Waals surface area contributed by atoms with Gasteiger partial charge in [-0.2, -0.15) is 0 Å². The van der Waals surface area contributed by atoms with Crippen LogP contribution in [0.5, 0.6) is 0 Å². The van der Waals surface area contributed by atoms with Gasteiger partial charge in [-0.3, -0.25) is 4.79 Å². The summed E-state index contributed by atoms with van der Waals surface area (Å²) in [5.74, 6) is 0.171.